The first-order valence-electron chi connectivity index (χ1n) is 10.1. The molecule has 1 amide bonds. The summed E-state index contributed by atoms with van der Waals surface area (Å²) in [7, 11) is 3.40. The quantitative estimate of drug-likeness (QED) is 0.489. The summed E-state index contributed by atoms with van der Waals surface area (Å²) in [5.41, 5.74) is 3.04. The Labute approximate surface area is 178 Å². The third-order valence-corrected chi connectivity index (χ3v) is 4.51. The molecule has 7 heteroatoms. The molecule has 0 aliphatic rings. The lowest BCUT2D eigenvalue weighted by molar-refractivity contribution is -0.130. The smallest absolute Gasteiger partial charge is 0.259 e. The number of ether oxygens (including phenoxy) is 1. The minimum atomic E-state index is -0.212. The highest BCUT2D eigenvalue weighted by atomic mass is 19.1. The van der Waals surface area contributed by atoms with E-state index in [-0.39, 0.29) is 18.3 Å². The maximum absolute atomic E-state index is 13.2. The van der Waals surface area contributed by atoms with Crippen molar-refractivity contribution < 1.29 is 13.9 Å². The Kier molecular flexibility index (Phi) is 9.12. The van der Waals surface area contributed by atoms with Crippen molar-refractivity contribution >= 4 is 11.9 Å². The second-order valence-electron chi connectivity index (χ2n) is 7.17. The van der Waals surface area contributed by atoms with E-state index in [1.54, 1.807) is 20.2 Å². The number of rotatable bonds is 9. The number of aryl methyl sites for hydroxylation is 1. The number of hydrogen-bond donors (Lipinski definition) is 2. The zero-order valence-corrected chi connectivity index (χ0v) is 18.2. The van der Waals surface area contributed by atoms with Gasteiger partial charge in [-0.05, 0) is 61.2 Å². The van der Waals surface area contributed by atoms with E-state index in [1.165, 1.54) is 11.0 Å². The fraction of sp³-hybridized carbons (Fsp3) is 0.391. The standard InChI is InChI=1S/C23H31FN4O2/c1-5-25-23(26-12-11-19-9-10-20(24)13-17(19)2)27-15-18-7-6-8-21(14-18)30-16-22(29)28(3)4/h6-10,13-14H,5,11-12,15-16H2,1-4H3,(H2,25,26,27). The van der Waals surface area contributed by atoms with Gasteiger partial charge in [0, 0.05) is 27.2 Å². The molecular formula is C23H31FN4O2. The number of likely N-dealkylation sites (N-methyl/N-ethyl adjacent to an activating group) is 1. The fourth-order valence-electron chi connectivity index (χ4n) is 2.78. The van der Waals surface area contributed by atoms with Gasteiger partial charge in [-0.1, -0.05) is 18.2 Å². The molecule has 0 heterocycles. The zero-order chi connectivity index (χ0) is 21.9. The summed E-state index contributed by atoms with van der Waals surface area (Å²) in [6, 6.07) is 12.4. The Morgan fingerprint density at radius 3 is 2.67 bits per heavy atom. The number of hydrogen-bond acceptors (Lipinski definition) is 3. The summed E-state index contributed by atoms with van der Waals surface area (Å²) in [5.74, 6) is 1.05. The highest BCUT2D eigenvalue weighted by molar-refractivity contribution is 5.79. The molecule has 0 aliphatic heterocycles. The van der Waals surface area contributed by atoms with Crippen LogP contribution in [0.25, 0.3) is 0 Å². The van der Waals surface area contributed by atoms with E-state index >= 15 is 0 Å². The lowest BCUT2D eigenvalue weighted by Gasteiger charge is -2.13. The van der Waals surface area contributed by atoms with Crippen molar-refractivity contribution in [3.05, 3.63) is 65.0 Å². The predicted octanol–water partition coefficient (Wildman–Crippen LogP) is 2.90. The Bertz CT molecular complexity index is 868. The number of nitrogens with zero attached hydrogens (tertiary/aromatic N) is 2. The minimum Gasteiger partial charge on any atom is -0.484 e. The summed E-state index contributed by atoms with van der Waals surface area (Å²) in [6.45, 7) is 5.85. The van der Waals surface area contributed by atoms with E-state index < -0.39 is 0 Å². The Morgan fingerprint density at radius 2 is 1.97 bits per heavy atom. The number of amides is 1. The van der Waals surface area contributed by atoms with Crippen LogP contribution in [0.15, 0.2) is 47.5 Å². The molecule has 2 rings (SSSR count). The van der Waals surface area contributed by atoms with Crippen molar-refractivity contribution in [2.45, 2.75) is 26.8 Å². The number of aliphatic imine (C=N–C) groups is 1. The van der Waals surface area contributed by atoms with Crippen molar-refractivity contribution in [3.63, 3.8) is 0 Å². The molecule has 2 aromatic carbocycles. The molecule has 6 nitrogen and oxygen atoms in total. The average molecular weight is 415 g/mol. The third kappa shape index (κ3) is 7.73. The van der Waals surface area contributed by atoms with Crippen molar-refractivity contribution in [1.82, 2.24) is 15.5 Å². The SMILES string of the molecule is CCNC(=NCc1cccc(OCC(=O)N(C)C)c1)NCCc1ccc(F)cc1C. The monoisotopic (exact) mass is 414 g/mol. The molecule has 0 unspecified atom stereocenters. The van der Waals surface area contributed by atoms with Gasteiger partial charge in [-0.2, -0.15) is 0 Å². The zero-order valence-electron chi connectivity index (χ0n) is 18.2. The van der Waals surface area contributed by atoms with Gasteiger partial charge in [0.15, 0.2) is 12.6 Å². The average Bonchev–Trinajstić information content (AvgIpc) is 2.72. The number of halogens is 1. The number of carbonyl (C=O) groups is 1. The summed E-state index contributed by atoms with van der Waals surface area (Å²) in [5, 5.41) is 6.54. The molecule has 2 aromatic rings. The second-order valence-corrected chi connectivity index (χ2v) is 7.17. The molecule has 30 heavy (non-hydrogen) atoms. The maximum atomic E-state index is 13.2. The first-order chi connectivity index (χ1) is 14.4. The van der Waals surface area contributed by atoms with Crippen molar-refractivity contribution in [2.75, 3.05) is 33.8 Å². The lowest BCUT2D eigenvalue weighted by Crippen LogP contribution is -2.38. The molecule has 0 aromatic heterocycles. The van der Waals surface area contributed by atoms with Crippen LogP contribution in [0.5, 0.6) is 5.75 Å². The summed E-state index contributed by atoms with van der Waals surface area (Å²) >= 11 is 0. The molecule has 0 atom stereocenters. The highest BCUT2D eigenvalue weighted by Crippen LogP contribution is 2.14. The van der Waals surface area contributed by atoms with Crippen LogP contribution in [0.4, 0.5) is 4.39 Å². The van der Waals surface area contributed by atoms with Gasteiger partial charge in [0.25, 0.3) is 5.91 Å². The van der Waals surface area contributed by atoms with Crippen molar-refractivity contribution in [2.24, 2.45) is 4.99 Å². The first-order valence-corrected chi connectivity index (χ1v) is 10.1. The van der Waals surface area contributed by atoms with Crippen LogP contribution in [0.2, 0.25) is 0 Å². The van der Waals surface area contributed by atoms with Crippen LogP contribution < -0.4 is 15.4 Å². The molecule has 0 saturated heterocycles. The van der Waals surface area contributed by atoms with Crippen molar-refractivity contribution in [3.8, 4) is 5.75 Å². The topological polar surface area (TPSA) is 66.0 Å². The second kappa shape index (κ2) is 11.8. The third-order valence-electron chi connectivity index (χ3n) is 4.51. The van der Waals surface area contributed by atoms with Crippen LogP contribution in [0.3, 0.4) is 0 Å². The van der Waals surface area contributed by atoms with Gasteiger partial charge in [-0.15, -0.1) is 0 Å². The largest absolute Gasteiger partial charge is 0.484 e. The van der Waals surface area contributed by atoms with E-state index in [4.69, 9.17) is 4.74 Å². The number of nitrogens with one attached hydrogen (secondary N) is 2. The van der Waals surface area contributed by atoms with Crippen LogP contribution in [0.1, 0.15) is 23.6 Å². The number of guanidine groups is 1. The number of benzene rings is 2. The lowest BCUT2D eigenvalue weighted by atomic mass is 10.1. The molecule has 0 bridgehead atoms. The van der Waals surface area contributed by atoms with E-state index in [0.29, 0.717) is 24.8 Å². The normalized spacial score (nSPS) is 11.2. The van der Waals surface area contributed by atoms with Gasteiger partial charge >= 0.3 is 0 Å². The molecular weight excluding hydrogens is 383 g/mol. The van der Waals surface area contributed by atoms with E-state index in [9.17, 15) is 9.18 Å². The van der Waals surface area contributed by atoms with Gasteiger partial charge in [0.05, 0.1) is 6.54 Å². The maximum Gasteiger partial charge on any atom is 0.259 e. The molecule has 0 spiro atoms. The van der Waals surface area contributed by atoms with Gasteiger partial charge < -0.3 is 20.3 Å². The van der Waals surface area contributed by atoms with Crippen LogP contribution in [-0.4, -0.2) is 50.6 Å². The van der Waals surface area contributed by atoms with E-state index in [2.05, 4.69) is 15.6 Å². The van der Waals surface area contributed by atoms with Gasteiger partial charge in [-0.25, -0.2) is 9.38 Å². The van der Waals surface area contributed by atoms with E-state index in [1.807, 2.05) is 44.2 Å². The van der Waals surface area contributed by atoms with Crippen LogP contribution in [0, 0.1) is 12.7 Å². The molecule has 0 radical (unpaired) electrons. The van der Waals surface area contributed by atoms with Crippen molar-refractivity contribution in [1.29, 1.82) is 0 Å². The Hall–Kier alpha value is -3.09. The summed E-state index contributed by atoms with van der Waals surface area (Å²) in [4.78, 5) is 17.8. The first kappa shape index (κ1) is 23.2. The summed E-state index contributed by atoms with van der Waals surface area (Å²) in [6.07, 6.45) is 0.778. The molecule has 0 fully saturated rings. The highest BCUT2D eigenvalue weighted by Gasteiger charge is 2.06. The van der Waals surface area contributed by atoms with Gasteiger partial charge in [0.1, 0.15) is 11.6 Å². The van der Waals surface area contributed by atoms with Gasteiger partial charge in [-0.3, -0.25) is 4.79 Å². The number of carbonyl (C=O) groups excluding carboxylic acids is 1. The van der Waals surface area contributed by atoms with E-state index in [0.717, 1.165) is 29.7 Å². The van der Waals surface area contributed by atoms with Crippen LogP contribution >= 0.6 is 0 Å². The summed E-state index contributed by atoms with van der Waals surface area (Å²) < 4.78 is 18.8. The molecule has 162 valence electrons. The Morgan fingerprint density at radius 1 is 1.17 bits per heavy atom. The minimum absolute atomic E-state index is 0.00667. The molecule has 0 aliphatic carbocycles. The molecule has 0 saturated carbocycles. The van der Waals surface area contributed by atoms with Gasteiger partial charge in [0.2, 0.25) is 0 Å². The fourth-order valence-corrected chi connectivity index (χ4v) is 2.78. The molecule has 2 N–H and O–H groups in total. The predicted molar refractivity (Wildman–Crippen MR) is 118 cm³/mol. The van der Waals surface area contributed by atoms with Crippen LogP contribution in [-0.2, 0) is 17.8 Å². The Balaban J connectivity index is 1.92.